The second-order valence-electron chi connectivity index (χ2n) is 6.75. The molecule has 0 aromatic heterocycles. The Labute approximate surface area is 132 Å². The molecule has 1 aliphatic carbocycles. The fraction of sp³-hybridized carbons (Fsp3) is 0.450. The van der Waals surface area contributed by atoms with Gasteiger partial charge in [-0.2, -0.15) is 0 Å². The molecule has 2 aromatic rings. The van der Waals surface area contributed by atoms with Crippen LogP contribution in [0.25, 0.3) is 10.8 Å². The molecule has 0 bridgehead atoms. The molecular formula is C20H24O2. The highest BCUT2D eigenvalue weighted by Gasteiger charge is 2.24. The Morgan fingerprint density at radius 1 is 1.09 bits per heavy atom. The first-order valence-electron chi connectivity index (χ1n) is 8.32. The van der Waals surface area contributed by atoms with Crippen LogP contribution >= 0.6 is 0 Å². The average Bonchev–Trinajstić information content (AvgIpc) is 2.55. The van der Waals surface area contributed by atoms with Crippen molar-refractivity contribution in [2.75, 3.05) is 0 Å². The molecule has 1 aliphatic rings. The van der Waals surface area contributed by atoms with Crippen LogP contribution in [0.4, 0.5) is 0 Å². The monoisotopic (exact) mass is 296 g/mol. The smallest absolute Gasteiger partial charge is 0.150 e. The van der Waals surface area contributed by atoms with E-state index in [0.29, 0.717) is 11.7 Å². The second-order valence-corrected chi connectivity index (χ2v) is 6.75. The lowest BCUT2D eigenvalue weighted by Crippen LogP contribution is -2.26. The molecule has 0 N–H and O–H groups in total. The van der Waals surface area contributed by atoms with Gasteiger partial charge >= 0.3 is 0 Å². The number of carbonyl (C=O) groups excluding carboxylic acids is 1. The number of ether oxygens (including phenoxy) is 1. The molecule has 0 atom stereocenters. The molecule has 2 nitrogen and oxygen atoms in total. The quantitative estimate of drug-likeness (QED) is 0.721. The SMILES string of the molecule is CC(C)[C@H]1CC[C@H](Oc2cccc3cc(C=O)ccc23)CC1. The number of carbonyl (C=O) groups is 1. The molecule has 1 saturated carbocycles. The van der Waals surface area contributed by atoms with Crippen LogP contribution in [0.1, 0.15) is 49.9 Å². The number of hydrogen-bond acceptors (Lipinski definition) is 2. The summed E-state index contributed by atoms with van der Waals surface area (Å²) in [5, 5.41) is 2.16. The highest BCUT2D eigenvalue weighted by molar-refractivity contribution is 5.92. The van der Waals surface area contributed by atoms with Crippen LogP contribution in [0.5, 0.6) is 5.75 Å². The van der Waals surface area contributed by atoms with Crippen molar-refractivity contribution in [1.82, 2.24) is 0 Å². The molecule has 2 aromatic carbocycles. The molecule has 0 aliphatic heterocycles. The van der Waals surface area contributed by atoms with Crippen molar-refractivity contribution in [3.63, 3.8) is 0 Å². The Morgan fingerprint density at radius 3 is 2.55 bits per heavy atom. The molecule has 0 radical (unpaired) electrons. The molecule has 0 saturated heterocycles. The van der Waals surface area contributed by atoms with Gasteiger partial charge in [-0.15, -0.1) is 0 Å². The summed E-state index contributed by atoms with van der Waals surface area (Å²) >= 11 is 0. The number of benzene rings is 2. The molecule has 0 spiro atoms. The third kappa shape index (κ3) is 3.16. The number of rotatable bonds is 4. The van der Waals surface area contributed by atoms with Crippen LogP contribution in [0.2, 0.25) is 0 Å². The van der Waals surface area contributed by atoms with Gasteiger partial charge < -0.3 is 4.74 Å². The third-order valence-corrected chi connectivity index (χ3v) is 4.96. The van der Waals surface area contributed by atoms with Gasteiger partial charge in [0.15, 0.2) is 0 Å². The summed E-state index contributed by atoms with van der Waals surface area (Å²) in [6.07, 6.45) is 6.04. The molecule has 0 amide bonds. The van der Waals surface area contributed by atoms with E-state index in [4.69, 9.17) is 4.74 Å². The standard InChI is InChI=1S/C20H24O2/c1-14(2)16-7-9-18(10-8-16)22-20-5-3-4-17-12-15(13-21)6-11-19(17)20/h3-6,11-14,16,18H,7-10H2,1-2H3/t16-,18-. The van der Waals surface area contributed by atoms with Crippen LogP contribution in [0.3, 0.4) is 0 Å². The first-order valence-corrected chi connectivity index (χ1v) is 8.32. The van der Waals surface area contributed by atoms with Gasteiger partial charge in [0.2, 0.25) is 0 Å². The van der Waals surface area contributed by atoms with Crippen molar-refractivity contribution in [3.8, 4) is 5.75 Å². The summed E-state index contributed by atoms with van der Waals surface area (Å²) in [5.74, 6) is 2.57. The largest absolute Gasteiger partial charge is 0.490 e. The van der Waals surface area contributed by atoms with Crippen molar-refractivity contribution in [2.24, 2.45) is 11.8 Å². The number of fused-ring (bicyclic) bond motifs is 1. The van der Waals surface area contributed by atoms with Crippen LogP contribution < -0.4 is 4.74 Å². The minimum atomic E-state index is 0.325. The molecule has 116 valence electrons. The van der Waals surface area contributed by atoms with E-state index in [1.54, 1.807) is 0 Å². The zero-order valence-corrected chi connectivity index (χ0v) is 13.4. The van der Waals surface area contributed by atoms with Gasteiger partial charge in [0.1, 0.15) is 12.0 Å². The van der Waals surface area contributed by atoms with E-state index >= 15 is 0 Å². The van der Waals surface area contributed by atoms with E-state index in [-0.39, 0.29) is 0 Å². The first-order chi connectivity index (χ1) is 10.7. The maximum atomic E-state index is 10.9. The van der Waals surface area contributed by atoms with Crippen molar-refractivity contribution in [3.05, 3.63) is 42.0 Å². The van der Waals surface area contributed by atoms with Crippen LogP contribution in [0, 0.1) is 11.8 Å². The maximum absolute atomic E-state index is 10.9. The van der Waals surface area contributed by atoms with Crippen LogP contribution in [0.15, 0.2) is 36.4 Å². The Morgan fingerprint density at radius 2 is 1.86 bits per heavy atom. The third-order valence-electron chi connectivity index (χ3n) is 4.96. The predicted molar refractivity (Wildman–Crippen MR) is 90.5 cm³/mol. The molecule has 2 heteroatoms. The van der Waals surface area contributed by atoms with E-state index < -0.39 is 0 Å². The van der Waals surface area contributed by atoms with Gasteiger partial charge in [0.25, 0.3) is 0 Å². The molecule has 1 fully saturated rings. The van der Waals surface area contributed by atoms with Gasteiger partial charge in [-0.25, -0.2) is 0 Å². The van der Waals surface area contributed by atoms with Crippen LogP contribution in [-0.2, 0) is 0 Å². The van der Waals surface area contributed by atoms with Crippen LogP contribution in [-0.4, -0.2) is 12.4 Å². The lowest BCUT2D eigenvalue weighted by molar-refractivity contribution is 0.112. The zero-order valence-electron chi connectivity index (χ0n) is 13.4. The number of aldehydes is 1. The Hall–Kier alpha value is -1.83. The summed E-state index contributed by atoms with van der Waals surface area (Å²) < 4.78 is 6.28. The Balaban J connectivity index is 1.76. The summed E-state index contributed by atoms with van der Waals surface area (Å²) in [6.45, 7) is 4.64. The summed E-state index contributed by atoms with van der Waals surface area (Å²) in [5.41, 5.74) is 0.710. The summed E-state index contributed by atoms with van der Waals surface area (Å²) in [6, 6.07) is 11.9. The van der Waals surface area contributed by atoms with E-state index in [9.17, 15) is 4.79 Å². The highest BCUT2D eigenvalue weighted by atomic mass is 16.5. The summed E-state index contributed by atoms with van der Waals surface area (Å²) in [4.78, 5) is 10.9. The van der Waals surface area contributed by atoms with Crippen molar-refractivity contribution in [1.29, 1.82) is 0 Å². The molecule has 22 heavy (non-hydrogen) atoms. The first kappa shape index (κ1) is 15.1. The zero-order chi connectivity index (χ0) is 15.5. The van der Waals surface area contributed by atoms with Gasteiger partial charge in [-0.3, -0.25) is 4.79 Å². The van der Waals surface area contributed by atoms with E-state index in [2.05, 4.69) is 13.8 Å². The molecular weight excluding hydrogens is 272 g/mol. The molecule has 3 rings (SSSR count). The van der Waals surface area contributed by atoms with Crippen molar-refractivity contribution >= 4 is 17.1 Å². The lowest BCUT2D eigenvalue weighted by atomic mass is 9.80. The molecule has 0 heterocycles. The minimum absolute atomic E-state index is 0.325. The van der Waals surface area contributed by atoms with E-state index in [0.717, 1.165) is 47.5 Å². The fourth-order valence-corrected chi connectivity index (χ4v) is 3.50. The lowest BCUT2D eigenvalue weighted by Gasteiger charge is -2.31. The Bertz CT molecular complexity index is 652. The van der Waals surface area contributed by atoms with Gasteiger partial charge in [0, 0.05) is 10.9 Å². The second kappa shape index (κ2) is 6.51. The average molecular weight is 296 g/mol. The van der Waals surface area contributed by atoms with Gasteiger partial charge in [-0.05, 0) is 61.1 Å². The summed E-state index contributed by atoms with van der Waals surface area (Å²) in [7, 11) is 0. The topological polar surface area (TPSA) is 26.3 Å². The van der Waals surface area contributed by atoms with Crippen molar-refractivity contribution in [2.45, 2.75) is 45.6 Å². The van der Waals surface area contributed by atoms with Gasteiger partial charge in [0.05, 0.1) is 6.10 Å². The minimum Gasteiger partial charge on any atom is -0.490 e. The normalized spacial score (nSPS) is 22.0. The fourth-order valence-electron chi connectivity index (χ4n) is 3.50. The van der Waals surface area contributed by atoms with Gasteiger partial charge in [-0.1, -0.05) is 32.0 Å². The van der Waals surface area contributed by atoms with E-state index in [1.165, 1.54) is 12.8 Å². The predicted octanol–water partition coefficient (Wildman–Crippen LogP) is 5.25. The van der Waals surface area contributed by atoms with Crippen molar-refractivity contribution < 1.29 is 9.53 Å². The highest BCUT2D eigenvalue weighted by Crippen LogP contribution is 2.34. The molecule has 0 unspecified atom stereocenters. The van der Waals surface area contributed by atoms with E-state index in [1.807, 2.05) is 36.4 Å². The number of hydrogen-bond donors (Lipinski definition) is 0. The maximum Gasteiger partial charge on any atom is 0.150 e. The Kier molecular flexibility index (Phi) is 4.47.